The van der Waals surface area contributed by atoms with Crippen LogP contribution in [0, 0.1) is 11.7 Å². The van der Waals surface area contributed by atoms with E-state index in [1.54, 1.807) is 12.1 Å². The number of nitrogens with zero attached hydrogens (tertiary/aromatic N) is 6. The van der Waals surface area contributed by atoms with Crippen molar-refractivity contribution in [3.8, 4) is 0 Å². The molecule has 0 radical (unpaired) electrons. The number of amides is 1. The molecule has 3 N–H and O–H groups in total. The highest BCUT2D eigenvalue weighted by molar-refractivity contribution is 5.85. The maximum atomic E-state index is 13.6. The molecule has 1 saturated heterocycles. The maximum Gasteiger partial charge on any atom is 0.327 e. The Morgan fingerprint density at radius 3 is 2.52 bits per heavy atom. The van der Waals surface area contributed by atoms with Gasteiger partial charge < -0.3 is 30.2 Å². The number of hydrogen-bond donors (Lipinski definition) is 2. The topological polar surface area (TPSA) is 141 Å². The normalized spacial score (nSPS) is 14.4. The lowest BCUT2D eigenvalue weighted by Crippen LogP contribution is -2.46. The third-order valence-corrected chi connectivity index (χ3v) is 8.24. The molecule has 1 atom stereocenters. The molecule has 1 aliphatic rings. The Balaban J connectivity index is 1.23. The van der Waals surface area contributed by atoms with Gasteiger partial charge in [0.05, 0.1) is 23.6 Å². The van der Waals surface area contributed by atoms with Crippen LogP contribution >= 0.6 is 0 Å². The minimum Gasteiger partial charge on any atom is -0.442 e. The van der Waals surface area contributed by atoms with Gasteiger partial charge in [0.1, 0.15) is 12.4 Å². The number of nitrogens with two attached hydrogens (primary N) is 1. The standard InChI is InChI=1S/C33H41FN8O4/c1-22(2)18-26(35)31(45)37-19-30(44)46-21-42-29(43)12-15-36-32(42)39(3)25-13-16-40(17-14-25)33-38-27-6-4-5-7-28(27)41(33)20-23-8-10-24(34)11-9-23/h4-12,15,22,25-26H,13-14,16-21,35H2,1-3H3,(H,37,45). The SMILES string of the molecule is CC(C)CC(N)C(=O)NCC(=O)OCn1c(N(C)C2CCN(c3nc4ccccc4n3Cc3ccc(F)cc3)CC2)nccc1=O. The van der Waals surface area contributed by atoms with Gasteiger partial charge in [-0.15, -0.1) is 0 Å². The predicted molar refractivity (Wildman–Crippen MR) is 174 cm³/mol. The van der Waals surface area contributed by atoms with Crippen molar-refractivity contribution < 1.29 is 18.7 Å². The van der Waals surface area contributed by atoms with Crippen molar-refractivity contribution >= 4 is 34.8 Å². The van der Waals surface area contributed by atoms with Crippen molar-refractivity contribution in [1.29, 1.82) is 0 Å². The average Bonchev–Trinajstić information content (AvgIpc) is 3.41. The number of aromatic nitrogens is 4. The van der Waals surface area contributed by atoms with Crippen LogP contribution in [0.2, 0.25) is 0 Å². The Bertz CT molecular complexity index is 1710. The Kier molecular flexibility index (Phi) is 10.3. The molecule has 2 aromatic carbocycles. The second-order valence-corrected chi connectivity index (χ2v) is 12.1. The van der Waals surface area contributed by atoms with Gasteiger partial charge in [0, 0.05) is 38.4 Å². The Hall–Kier alpha value is -4.78. The number of esters is 1. The Labute approximate surface area is 267 Å². The van der Waals surface area contributed by atoms with Gasteiger partial charge in [-0.25, -0.2) is 18.9 Å². The average molecular weight is 633 g/mol. The lowest BCUT2D eigenvalue weighted by atomic mass is 10.0. The van der Waals surface area contributed by atoms with E-state index in [1.165, 1.54) is 29.0 Å². The van der Waals surface area contributed by atoms with Crippen LogP contribution in [0.25, 0.3) is 11.0 Å². The molecular formula is C33H41FN8O4. The first kappa shape index (κ1) is 32.6. The van der Waals surface area contributed by atoms with E-state index in [0.29, 0.717) is 32.0 Å². The third-order valence-electron chi connectivity index (χ3n) is 8.24. The van der Waals surface area contributed by atoms with Crippen LogP contribution in [0.1, 0.15) is 38.7 Å². The number of imidazole rings is 1. The van der Waals surface area contributed by atoms with Gasteiger partial charge in [-0.3, -0.25) is 14.4 Å². The molecule has 3 heterocycles. The van der Waals surface area contributed by atoms with Crippen molar-refractivity contribution in [3.63, 3.8) is 0 Å². The smallest absolute Gasteiger partial charge is 0.327 e. The van der Waals surface area contributed by atoms with Crippen LogP contribution in [0.4, 0.5) is 16.3 Å². The first-order valence-corrected chi connectivity index (χ1v) is 15.5. The molecule has 244 valence electrons. The van der Waals surface area contributed by atoms with E-state index in [-0.39, 0.29) is 36.6 Å². The highest BCUT2D eigenvalue weighted by atomic mass is 19.1. The number of nitrogens with one attached hydrogen (secondary N) is 1. The Morgan fingerprint density at radius 1 is 1.09 bits per heavy atom. The van der Waals surface area contributed by atoms with E-state index >= 15 is 0 Å². The van der Waals surface area contributed by atoms with Crippen molar-refractivity contribution in [1.82, 2.24) is 24.4 Å². The van der Waals surface area contributed by atoms with Gasteiger partial charge in [-0.1, -0.05) is 38.1 Å². The predicted octanol–water partition coefficient (Wildman–Crippen LogP) is 2.88. The quantitative estimate of drug-likeness (QED) is 0.226. The molecule has 46 heavy (non-hydrogen) atoms. The molecule has 1 amide bonds. The number of carbonyl (C=O) groups is 2. The van der Waals surface area contributed by atoms with Crippen LogP contribution in [0.15, 0.2) is 65.6 Å². The molecule has 2 aromatic heterocycles. The molecule has 4 aromatic rings. The lowest BCUT2D eigenvalue weighted by molar-refractivity contribution is -0.147. The number of ether oxygens (including phenoxy) is 1. The zero-order chi connectivity index (χ0) is 32.8. The molecule has 0 aliphatic carbocycles. The van der Waals surface area contributed by atoms with E-state index < -0.39 is 17.9 Å². The molecule has 13 heteroatoms. The zero-order valence-electron chi connectivity index (χ0n) is 26.4. The minimum absolute atomic E-state index is 0.0594. The van der Waals surface area contributed by atoms with Crippen LogP contribution in [-0.4, -0.2) is 69.7 Å². The number of carbonyl (C=O) groups excluding carboxylic acids is 2. The molecule has 0 saturated carbocycles. The summed E-state index contributed by atoms with van der Waals surface area (Å²) >= 11 is 0. The second-order valence-electron chi connectivity index (χ2n) is 12.1. The second kappa shape index (κ2) is 14.5. The van der Waals surface area contributed by atoms with Crippen molar-refractivity contribution in [3.05, 3.63) is 82.5 Å². The fraction of sp³-hybridized carbons (Fsp3) is 0.424. The fourth-order valence-electron chi connectivity index (χ4n) is 5.77. The summed E-state index contributed by atoms with van der Waals surface area (Å²) in [5.74, 6) is 0.0846. The maximum absolute atomic E-state index is 13.6. The summed E-state index contributed by atoms with van der Waals surface area (Å²) in [7, 11) is 1.88. The van der Waals surface area contributed by atoms with E-state index in [4.69, 9.17) is 15.5 Å². The van der Waals surface area contributed by atoms with E-state index in [9.17, 15) is 18.8 Å². The molecule has 5 rings (SSSR count). The van der Waals surface area contributed by atoms with E-state index in [1.807, 2.05) is 50.1 Å². The molecule has 12 nitrogen and oxygen atoms in total. The molecule has 0 bridgehead atoms. The van der Waals surface area contributed by atoms with Crippen molar-refractivity contribution in [2.24, 2.45) is 11.7 Å². The number of fused-ring (bicyclic) bond motifs is 1. The third kappa shape index (κ3) is 7.71. The van der Waals surface area contributed by atoms with Crippen LogP contribution in [0.5, 0.6) is 0 Å². The summed E-state index contributed by atoms with van der Waals surface area (Å²) in [5.41, 5.74) is 8.39. The number of halogens is 1. The van der Waals surface area contributed by atoms with Gasteiger partial charge in [0.25, 0.3) is 5.56 Å². The molecule has 1 unspecified atom stereocenters. The van der Waals surface area contributed by atoms with Gasteiger partial charge in [0.2, 0.25) is 17.8 Å². The van der Waals surface area contributed by atoms with Crippen LogP contribution in [-0.2, 0) is 27.6 Å². The summed E-state index contributed by atoms with van der Waals surface area (Å²) in [5, 5.41) is 2.49. The molecular weight excluding hydrogens is 591 g/mol. The highest BCUT2D eigenvalue weighted by Gasteiger charge is 2.28. The number of para-hydroxylation sites is 2. The largest absolute Gasteiger partial charge is 0.442 e. The molecule has 1 fully saturated rings. The van der Waals surface area contributed by atoms with E-state index in [0.717, 1.165) is 35.4 Å². The summed E-state index contributed by atoms with van der Waals surface area (Å²) in [6.45, 7) is 5.21. The van der Waals surface area contributed by atoms with Crippen LogP contribution in [0.3, 0.4) is 0 Å². The summed E-state index contributed by atoms with van der Waals surface area (Å²) in [4.78, 5) is 51.0. The van der Waals surface area contributed by atoms with Gasteiger partial charge in [-0.05, 0) is 55.0 Å². The molecule has 1 aliphatic heterocycles. The highest BCUT2D eigenvalue weighted by Crippen LogP contribution is 2.28. The first-order valence-electron chi connectivity index (χ1n) is 15.5. The fourth-order valence-corrected chi connectivity index (χ4v) is 5.77. The molecule has 0 spiro atoms. The monoisotopic (exact) mass is 632 g/mol. The summed E-state index contributed by atoms with van der Waals surface area (Å²) < 4.78 is 22.4. The van der Waals surface area contributed by atoms with E-state index in [2.05, 4.69) is 19.8 Å². The van der Waals surface area contributed by atoms with Crippen molar-refractivity contribution in [2.75, 3.05) is 36.5 Å². The summed E-state index contributed by atoms with van der Waals surface area (Å²) in [6, 6.07) is 15.2. The zero-order valence-corrected chi connectivity index (χ0v) is 26.4. The minimum atomic E-state index is -0.714. The van der Waals surface area contributed by atoms with Crippen molar-refractivity contribution in [2.45, 2.75) is 58.5 Å². The van der Waals surface area contributed by atoms with Gasteiger partial charge in [0.15, 0.2) is 6.73 Å². The number of anilines is 2. The Morgan fingerprint density at radius 2 is 1.80 bits per heavy atom. The van der Waals surface area contributed by atoms with Gasteiger partial charge in [-0.2, -0.15) is 0 Å². The van der Waals surface area contributed by atoms with Gasteiger partial charge >= 0.3 is 5.97 Å². The first-order chi connectivity index (χ1) is 22.1. The lowest BCUT2D eigenvalue weighted by Gasteiger charge is -2.38. The number of benzene rings is 2. The number of rotatable bonds is 12. The number of hydrogen-bond acceptors (Lipinski definition) is 9. The number of piperidine rings is 1. The summed E-state index contributed by atoms with van der Waals surface area (Å²) in [6.07, 6.45) is 3.47. The van der Waals surface area contributed by atoms with Crippen LogP contribution < -0.4 is 26.4 Å².